The quantitative estimate of drug-likeness (QED) is 0.877. The molecule has 7 heteroatoms. The van der Waals surface area contributed by atoms with Crippen LogP contribution in [0.4, 0.5) is 0 Å². The smallest absolute Gasteiger partial charge is 0.166 e. The zero-order chi connectivity index (χ0) is 15.5. The fraction of sp³-hybridized carbons (Fsp3) is 0.643. The summed E-state index contributed by atoms with van der Waals surface area (Å²) in [6, 6.07) is 3.60. The Labute approximate surface area is 131 Å². The molecule has 21 heavy (non-hydrogen) atoms. The van der Waals surface area contributed by atoms with Crippen molar-refractivity contribution < 1.29 is 8.42 Å². The lowest BCUT2D eigenvalue weighted by atomic mass is 10.0. The first-order valence-electron chi connectivity index (χ1n) is 7.18. The maximum atomic E-state index is 12.4. The van der Waals surface area contributed by atoms with Crippen molar-refractivity contribution in [1.29, 1.82) is 0 Å². The lowest BCUT2D eigenvalue weighted by molar-refractivity contribution is 0.172. The molecule has 3 unspecified atom stereocenters. The standard InChI is InChI=1S/C14H23N3O2S2/c1-3-21(18,19)13-10-20-9-8-17(13)14(11(2)15)12-4-6-16-7-5-12/h4-7,11,13-14H,3,8-10,15H2,1-2H3. The van der Waals surface area contributed by atoms with Gasteiger partial charge in [-0.15, -0.1) is 0 Å². The van der Waals surface area contributed by atoms with Crippen molar-refractivity contribution in [3.05, 3.63) is 30.1 Å². The summed E-state index contributed by atoms with van der Waals surface area (Å²) in [5.41, 5.74) is 7.21. The Kier molecular flexibility index (Phi) is 5.65. The number of rotatable bonds is 5. The van der Waals surface area contributed by atoms with Crippen LogP contribution >= 0.6 is 11.8 Å². The molecule has 118 valence electrons. The Morgan fingerprint density at radius 3 is 2.71 bits per heavy atom. The number of hydrogen-bond acceptors (Lipinski definition) is 6. The molecule has 0 amide bonds. The molecule has 0 saturated carbocycles. The van der Waals surface area contributed by atoms with Crippen molar-refractivity contribution in [3.8, 4) is 0 Å². The van der Waals surface area contributed by atoms with E-state index < -0.39 is 15.2 Å². The van der Waals surface area contributed by atoms with Gasteiger partial charge in [-0.2, -0.15) is 11.8 Å². The fourth-order valence-corrected chi connectivity index (χ4v) is 5.82. The van der Waals surface area contributed by atoms with Gasteiger partial charge in [0.2, 0.25) is 0 Å². The van der Waals surface area contributed by atoms with Crippen LogP contribution in [-0.4, -0.2) is 53.5 Å². The first-order valence-corrected chi connectivity index (χ1v) is 10.0. The molecule has 0 aromatic carbocycles. The van der Waals surface area contributed by atoms with Crippen molar-refractivity contribution in [2.24, 2.45) is 5.73 Å². The van der Waals surface area contributed by atoms with E-state index >= 15 is 0 Å². The van der Waals surface area contributed by atoms with Crippen molar-refractivity contribution >= 4 is 21.6 Å². The fourth-order valence-electron chi connectivity index (χ4n) is 2.77. The van der Waals surface area contributed by atoms with E-state index in [4.69, 9.17) is 5.73 Å². The SMILES string of the molecule is CCS(=O)(=O)C1CSCCN1C(c1ccncc1)C(C)N. The van der Waals surface area contributed by atoms with Gasteiger partial charge < -0.3 is 5.73 Å². The predicted octanol–water partition coefficient (Wildman–Crippen LogP) is 1.28. The zero-order valence-electron chi connectivity index (χ0n) is 12.5. The maximum Gasteiger partial charge on any atom is 0.166 e. The van der Waals surface area contributed by atoms with Gasteiger partial charge in [0, 0.05) is 42.2 Å². The van der Waals surface area contributed by atoms with Gasteiger partial charge in [0.05, 0.1) is 6.04 Å². The molecular weight excluding hydrogens is 306 g/mol. The van der Waals surface area contributed by atoms with E-state index in [1.165, 1.54) is 0 Å². The third-order valence-corrected chi connectivity index (χ3v) is 7.15. The molecule has 1 aromatic rings. The third kappa shape index (κ3) is 3.77. The minimum Gasteiger partial charge on any atom is -0.326 e. The molecule has 2 rings (SSSR count). The lowest BCUT2D eigenvalue weighted by Gasteiger charge is -2.42. The van der Waals surface area contributed by atoms with Gasteiger partial charge in [-0.3, -0.25) is 9.88 Å². The van der Waals surface area contributed by atoms with Crippen LogP contribution in [0.3, 0.4) is 0 Å². The first kappa shape index (κ1) is 16.7. The molecule has 0 aliphatic carbocycles. The van der Waals surface area contributed by atoms with Crippen molar-refractivity contribution in [1.82, 2.24) is 9.88 Å². The van der Waals surface area contributed by atoms with E-state index in [9.17, 15) is 8.42 Å². The van der Waals surface area contributed by atoms with Gasteiger partial charge in [0.1, 0.15) is 5.37 Å². The molecular formula is C14H23N3O2S2. The highest BCUT2D eigenvalue weighted by atomic mass is 32.2. The topological polar surface area (TPSA) is 76.3 Å². The van der Waals surface area contributed by atoms with E-state index in [1.54, 1.807) is 31.1 Å². The van der Waals surface area contributed by atoms with Crippen molar-refractivity contribution in [3.63, 3.8) is 0 Å². The highest BCUT2D eigenvalue weighted by Crippen LogP contribution is 2.32. The minimum atomic E-state index is -3.12. The van der Waals surface area contributed by atoms with Crippen molar-refractivity contribution in [2.45, 2.75) is 31.3 Å². The number of sulfone groups is 1. The molecule has 1 fully saturated rings. The summed E-state index contributed by atoms with van der Waals surface area (Å²) in [5, 5.41) is -0.453. The Morgan fingerprint density at radius 2 is 2.14 bits per heavy atom. The molecule has 0 spiro atoms. The zero-order valence-corrected chi connectivity index (χ0v) is 14.1. The lowest BCUT2D eigenvalue weighted by Crippen LogP contribution is -2.53. The maximum absolute atomic E-state index is 12.4. The summed E-state index contributed by atoms with van der Waals surface area (Å²) in [6.45, 7) is 4.38. The molecule has 2 heterocycles. The summed E-state index contributed by atoms with van der Waals surface area (Å²) in [7, 11) is -3.12. The highest BCUT2D eigenvalue weighted by Gasteiger charge is 2.38. The molecule has 2 N–H and O–H groups in total. The van der Waals surface area contributed by atoms with Crippen LogP contribution in [0.5, 0.6) is 0 Å². The van der Waals surface area contributed by atoms with Gasteiger partial charge in [-0.05, 0) is 24.6 Å². The summed E-state index contributed by atoms with van der Waals surface area (Å²) in [5.74, 6) is 1.71. The van der Waals surface area contributed by atoms with Gasteiger partial charge in [0.25, 0.3) is 0 Å². The summed E-state index contributed by atoms with van der Waals surface area (Å²) < 4.78 is 24.8. The molecule has 5 nitrogen and oxygen atoms in total. The van der Waals surface area contributed by atoms with Crippen LogP contribution in [0.1, 0.15) is 25.5 Å². The van der Waals surface area contributed by atoms with Crippen LogP contribution in [0, 0.1) is 0 Å². The highest BCUT2D eigenvalue weighted by molar-refractivity contribution is 8.01. The second-order valence-corrected chi connectivity index (χ2v) is 8.90. The van der Waals surface area contributed by atoms with Crippen LogP contribution in [-0.2, 0) is 9.84 Å². The third-order valence-electron chi connectivity index (χ3n) is 3.84. The van der Waals surface area contributed by atoms with E-state index in [1.807, 2.05) is 19.1 Å². The largest absolute Gasteiger partial charge is 0.326 e. The molecule has 1 aliphatic heterocycles. The van der Waals surface area contributed by atoms with Gasteiger partial charge in [0.15, 0.2) is 9.84 Å². The monoisotopic (exact) mass is 329 g/mol. The number of aromatic nitrogens is 1. The number of hydrogen-bond donors (Lipinski definition) is 1. The van der Waals surface area contributed by atoms with Crippen LogP contribution in [0.2, 0.25) is 0 Å². The Balaban J connectivity index is 2.38. The van der Waals surface area contributed by atoms with Crippen LogP contribution < -0.4 is 5.73 Å². The van der Waals surface area contributed by atoms with Crippen molar-refractivity contribution in [2.75, 3.05) is 23.8 Å². The molecule has 3 atom stereocenters. The molecule has 0 radical (unpaired) electrons. The average molecular weight is 329 g/mol. The van der Waals surface area contributed by atoms with E-state index in [0.717, 1.165) is 17.9 Å². The normalized spacial score (nSPS) is 23.7. The molecule has 1 aliphatic rings. The van der Waals surface area contributed by atoms with E-state index in [0.29, 0.717) is 5.75 Å². The minimum absolute atomic E-state index is 0.0970. The summed E-state index contributed by atoms with van der Waals surface area (Å²) in [6.07, 6.45) is 3.46. The van der Waals surface area contributed by atoms with Crippen LogP contribution in [0.15, 0.2) is 24.5 Å². The first-order chi connectivity index (χ1) is 9.97. The Bertz CT molecular complexity index is 549. The Morgan fingerprint density at radius 1 is 1.48 bits per heavy atom. The number of thioether (sulfide) groups is 1. The Hall–Kier alpha value is -0.630. The number of nitrogens with zero attached hydrogens (tertiary/aromatic N) is 2. The van der Waals surface area contributed by atoms with Gasteiger partial charge >= 0.3 is 0 Å². The summed E-state index contributed by atoms with van der Waals surface area (Å²) >= 11 is 1.70. The second-order valence-electron chi connectivity index (χ2n) is 5.30. The predicted molar refractivity (Wildman–Crippen MR) is 87.9 cm³/mol. The average Bonchev–Trinajstić information content (AvgIpc) is 2.48. The molecule has 1 aromatic heterocycles. The molecule has 0 bridgehead atoms. The van der Waals surface area contributed by atoms with Crippen LogP contribution in [0.25, 0.3) is 0 Å². The van der Waals surface area contributed by atoms with Gasteiger partial charge in [-0.1, -0.05) is 6.92 Å². The summed E-state index contributed by atoms with van der Waals surface area (Å²) in [4.78, 5) is 6.10. The van der Waals surface area contributed by atoms with Gasteiger partial charge in [-0.25, -0.2) is 8.42 Å². The number of nitrogens with two attached hydrogens (primary N) is 1. The molecule has 1 saturated heterocycles. The van der Waals surface area contributed by atoms with E-state index in [-0.39, 0.29) is 17.8 Å². The number of pyridine rings is 1. The second kappa shape index (κ2) is 7.09. The van der Waals surface area contributed by atoms with E-state index in [2.05, 4.69) is 9.88 Å².